The van der Waals surface area contributed by atoms with Crippen molar-refractivity contribution >= 4 is 11.4 Å². The van der Waals surface area contributed by atoms with Crippen molar-refractivity contribution < 1.29 is 0 Å². The van der Waals surface area contributed by atoms with Crippen molar-refractivity contribution in [3.05, 3.63) is 23.8 Å². The highest BCUT2D eigenvalue weighted by atomic mass is 15.2. The minimum atomic E-state index is 1.11. The summed E-state index contributed by atoms with van der Waals surface area (Å²) in [5.74, 6) is 0. The molecule has 1 heterocycles. The molecule has 3 heteroatoms. The minimum absolute atomic E-state index is 1.11. The predicted molar refractivity (Wildman–Crippen MR) is 84.3 cm³/mol. The number of nitrogens with zero attached hydrogens (tertiary/aromatic N) is 2. The maximum Gasteiger partial charge on any atom is 0.0419 e. The van der Waals surface area contributed by atoms with Crippen LogP contribution in [-0.4, -0.2) is 45.2 Å². The highest BCUT2D eigenvalue weighted by molar-refractivity contribution is 5.67. The van der Waals surface area contributed by atoms with E-state index in [4.69, 9.17) is 0 Å². The topological polar surface area (TPSA) is 18.5 Å². The summed E-state index contributed by atoms with van der Waals surface area (Å²) in [4.78, 5) is 4.81. The second kappa shape index (κ2) is 6.80. The number of anilines is 2. The van der Waals surface area contributed by atoms with Gasteiger partial charge in [-0.2, -0.15) is 0 Å². The Morgan fingerprint density at radius 3 is 2.74 bits per heavy atom. The summed E-state index contributed by atoms with van der Waals surface area (Å²) in [7, 11) is 4.29. The third kappa shape index (κ3) is 3.63. The van der Waals surface area contributed by atoms with Gasteiger partial charge in [-0.1, -0.05) is 13.0 Å². The molecule has 106 valence electrons. The van der Waals surface area contributed by atoms with Crippen molar-refractivity contribution in [2.24, 2.45) is 0 Å². The van der Waals surface area contributed by atoms with Gasteiger partial charge in [0.25, 0.3) is 0 Å². The largest absolute Gasteiger partial charge is 0.385 e. The molecule has 0 spiro atoms. The molecule has 0 fully saturated rings. The van der Waals surface area contributed by atoms with E-state index in [1.165, 1.54) is 36.2 Å². The molecule has 0 saturated heterocycles. The van der Waals surface area contributed by atoms with Gasteiger partial charge in [-0.3, -0.25) is 0 Å². The van der Waals surface area contributed by atoms with Gasteiger partial charge in [0.2, 0.25) is 0 Å². The molecule has 0 radical (unpaired) electrons. The van der Waals surface area contributed by atoms with Crippen LogP contribution < -0.4 is 10.2 Å². The molecular weight excluding hydrogens is 234 g/mol. The quantitative estimate of drug-likeness (QED) is 0.849. The summed E-state index contributed by atoms with van der Waals surface area (Å²) in [5.41, 5.74) is 4.30. The van der Waals surface area contributed by atoms with E-state index < -0.39 is 0 Å². The summed E-state index contributed by atoms with van der Waals surface area (Å²) in [6, 6.07) is 6.69. The van der Waals surface area contributed by atoms with Crippen molar-refractivity contribution in [1.82, 2.24) is 4.90 Å². The summed E-state index contributed by atoms with van der Waals surface area (Å²) in [5, 5.41) is 3.53. The number of hydrogen-bond donors (Lipinski definition) is 1. The van der Waals surface area contributed by atoms with E-state index in [1.807, 2.05) is 0 Å². The van der Waals surface area contributed by atoms with E-state index in [-0.39, 0.29) is 0 Å². The third-order valence-corrected chi connectivity index (χ3v) is 3.72. The van der Waals surface area contributed by atoms with E-state index in [0.717, 1.165) is 26.2 Å². The fourth-order valence-corrected chi connectivity index (χ4v) is 2.73. The van der Waals surface area contributed by atoms with Crippen LogP contribution in [0.15, 0.2) is 18.2 Å². The highest BCUT2D eigenvalue weighted by Gasteiger charge is 2.16. The summed E-state index contributed by atoms with van der Waals surface area (Å²) in [6.45, 7) is 6.73. The Labute approximate surface area is 117 Å². The van der Waals surface area contributed by atoms with E-state index in [2.05, 4.69) is 54.3 Å². The first-order chi connectivity index (χ1) is 9.22. The average Bonchev–Trinajstić information content (AvgIpc) is 2.43. The number of nitrogens with one attached hydrogen (secondary N) is 1. The van der Waals surface area contributed by atoms with Crippen molar-refractivity contribution in [3.8, 4) is 0 Å². The molecule has 2 rings (SSSR count). The molecular formula is C16H27N3. The maximum absolute atomic E-state index is 3.53. The second-order valence-electron chi connectivity index (χ2n) is 5.62. The van der Waals surface area contributed by atoms with Crippen molar-refractivity contribution in [1.29, 1.82) is 0 Å². The van der Waals surface area contributed by atoms with Gasteiger partial charge < -0.3 is 15.1 Å². The van der Waals surface area contributed by atoms with Crippen molar-refractivity contribution in [2.75, 3.05) is 50.5 Å². The third-order valence-electron chi connectivity index (χ3n) is 3.72. The molecule has 1 aromatic carbocycles. The first-order valence-corrected chi connectivity index (χ1v) is 7.47. The Balaban J connectivity index is 2.20. The molecule has 19 heavy (non-hydrogen) atoms. The maximum atomic E-state index is 3.53. The monoisotopic (exact) mass is 261 g/mol. The van der Waals surface area contributed by atoms with Gasteiger partial charge >= 0.3 is 0 Å². The van der Waals surface area contributed by atoms with E-state index in [1.54, 1.807) is 0 Å². The second-order valence-corrected chi connectivity index (χ2v) is 5.62. The van der Waals surface area contributed by atoms with Crippen LogP contribution in [0.4, 0.5) is 11.4 Å². The van der Waals surface area contributed by atoms with Crippen LogP contribution in [-0.2, 0) is 6.42 Å². The van der Waals surface area contributed by atoms with Crippen molar-refractivity contribution in [2.45, 2.75) is 26.2 Å². The first-order valence-electron chi connectivity index (χ1n) is 7.47. The van der Waals surface area contributed by atoms with Gasteiger partial charge in [0, 0.05) is 37.6 Å². The molecule has 0 aliphatic carbocycles. The SMILES string of the molecule is CCCN(CCN(C)C)c1cccc2c1CCCN2. The van der Waals surface area contributed by atoms with Gasteiger partial charge in [-0.05, 0) is 51.1 Å². The molecule has 0 amide bonds. The van der Waals surface area contributed by atoms with Crippen LogP contribution in [0.5, 0.6) is 0 Å². The van der Waals surface area contributed by atoms with Crippen molar-refractivity contribution in [3.63, 3.8) is 0 Å². The molecule has 1 N–H and O–H groups in total. The normalized spacial score (nSPS) is 14.1. The van der Waals surface area contributed by atoms with Crippen LogP contribution in [0.2, 0.25) is 0 Å². The zero-order valence-corrected chi connectivity index (χ0v) is 12.6. The fraction of sp³-hybridized carbons (Fsp3) is 0.625. The Morgan fingerprint density at radius 2 is 2.00 bits per heavy atom. The standard InChI is InChI=1S/C16H27N3/c1-4-11-19(13-12-18(2)3)16-9-5-8-15-14(16)7-6-10-17-15/h5,8-9,17H,4,6-7,10-13H2,1-3H3. The van der Waals surface area contributed by atoms with Crippen LogP contribution in [0.3, 0.4) is 0 Å². The minimum Gasteiger partial charge on any atom is -0.385 e. The van der Waals surface area contributed by atoms with Gasteiger partial charge in [-0.25, -0.2) is 0 Å². The predicted octanol–water partition coefficient (Wildman–Crippen LogP) is 2.82. The number of rotatable bonds is 6. The number of benzene rings is 1. The van der Waals surface area contributed by atoms with E-state index >= 15 is 0 Å². The van der Waals surface area contributed by atoms with Crippen LogP contribution >= 0.6 is 0 Å². The van der Waals surface area contributed by atoms with Crippen LogP contribution in [0.25, 0.3) is 0 Å². The van der Waals surface area contributed by atoms with Crippen LogP contribution in [0.1, 0.15) is 25.3 Å². The van der Waals surface area contributed by atoms with Gasteiger partial charge in [0.1, 0.15) is 0 Å². The molecule has 1 aliphatic rings. The molecule has 0 saturated carbocycles. The van der Waals surface area contributed by atoms with E-state index in [9.17, 15) is 0 Å². The number of likely N-dealkylation sites (N-methyl/N-ethyl adjacent to an activating group) is 1. The highest BCUT2D eigenvalue weighted by Crippen LogP contribution is 2.31. The fourth-order valence-electron chi connectivity index (χ4n) is 2.73. The summed E-state index contributed by atoms with van der Waals surface area (Å²) in [6.07, 6.45) is 3.66. The smallest absolute Gasteiger partial charge is 0.0419 e. The average molecular weight is 261 g/mol. The zero-order valence-electron chi connectivity index (χ0n) is 12.6. The molecule has 1 aromatic rings. The summed E-state index contributed by atoms with van der Waals surface area (Å²) < 4.78 is 0. The lowest BCUT2D eigenvalue weighted by Gasteiger charge is -2.31. The molecule has 1 aliphatic heterocycles. The lowest BCUT2D eigenvalue weighted by molar-refractivity contribution is 0.413. The molecule has 0 aromatic heterocycles. The first kappa shape index (κ1) is 14.2. The lowest BCUT2D eigenvalue weighted by Crippen LogP contribution is -2.33. The Hall–Kier alpha value is -1.22. The molecule has 3 nitrogen and oxygen atoms in total. The van der Waals surface area contributed by atoms with Crippen LogP contribution in [0, 0.1) is 0 Å². The van der Waals surface area contributed by atoms with Gasteiger partial charge in [0.05, 0.1) is 0 Å². The Morgan fingerprint density at radius 1 is 1.16 bits per heavy atom. The van der Waals surface area contributed by atoms with E-state index in [0.29, 0.717) is 0 Å². The molecule has 0 bridgehead atoms. The Bertz CT molecular complexity index is 401. The Kier molecular flexibility index (Phi) is 5.08. The van der Waals surface area contributed by atoms with Gasteiger partial charge in [-0.15, -0.1) is 0 Å². The zero-order chi connectivity index (χ0) is 13.7. The molecule has 0 atom stereocenters. The number of fused-ring (bicyclic) bond motifs is 1. The molecule has 0 unspecified atom stereocenters. The number of hydrogen-bond acceptors (Lipinski definition) is 3. The summed E-state index contributed by atoms with van der Waals surface area (Å²) >= 11 is 0. The lowest BCUT2D eigenvalue weighted by atomic mass is 10.0. The van der Waals surface area contributed by atoms with Gasteiger partial charge in [0.15, 0.2) is 0 Å².